The largest absolute Gasteiger partial charge is 0.321 e. The van der Waals surface area contributed by atoms with E-state index in [-0.39, 0.29) is 0 Å². The van der Waals surface area contributed by atoms with E-state index in [9.17, 15) is 0 Å². The summed E-state index contributed by atoms with van der Waals surface area (Å²) in [5.41, 5.74) is 8.25. The van der Waals surface area contributed by atoms with Gasteiger partial charge in [-0.1, -0.05) is 41.4 Å². The van der Waals surface area contributed by atoms with Gasteiger partial charge in [-0.3, -0.25) is 0 Å². The highest BCUT2D eigenvalue weighted by molar-refractivity contribution is 6.34. The van der Waals surface area contributed by atoms with Gasteiger partial charge in [0.2, 0.25) is 0 Å². The highest BCUT2D eigenvalue weighted by atomic mass is 35.5. The molecule has 2 nitrogen and oxygen atoms in total. The molecule has 0 saturated carbocycles. The summed E-state index contributed by atoms with van der Waals surface area (Å²) in [7, 11) is 0. The predicted molar refractivity (Wildman–Crippen MR) is 73.4 cm³/mol. The van der Waals surface area contributed by atoms with Gasteiger partial charge in [0, 0.05) is 22.3 Å². The molecule has 4 heteroatoms. The maximum absolute atomic E-state index is 5.91. The second-order valence-electron chi connectivity index (χ2n) is 3.62. The Bertz CT molecular complexity index is 466. The number of anilines is 1. The lowest BCUT2D eigenvalue weighted by Gasteiger charge is -2.08. The van der Waals surface area contributed by atoms with Crippen molar-refractivity contribution in [3.63, 3.8) is 0 Å². The van der Waals surface area contributed by atoms with E-state index in [1.54, 1.807) is 6.07 Å². The molecule has 0 aliphatic carbocycles. The van der Waals surface area contributed by atoms with Crippen molar-refractivity contribution in [3.8, 4) is 0 Å². The summed E-state index contributed by atoms with van der Waals surface area (Å²) in [5.74, 6) is 0. The number of para-hydroxylation sites is 1. The fourth-order valence-corrected chi connectivity index (χ4v) is 2.05. The van der Waals surface area contributed by atoms with Crippen LogP contribution in [0.2, 0.25) is 10.0 Å². The van der Waals surface area contributed by atoms with Crippen LogP contribution in [0.25, 0.3) is 0 Å². The van der Waals surface area contributed by atoms with E-state index in [1.165, 1.54) is 0 Å². The molecule has 0 aliphatic heterocycles. The summed E-state index contributed by atoms with van der Waals surface area (Å²) in [6.07, 6.45) is 0. The molecule has 0 bridgehead atoms. The van der Waals surface area contributed by atoms with Crippen LogP contribution < -0.4 is 10.9 Å². The summed E-state index contributed by atoms with van der Waals surface area (Å²) in [5, 5.41) is 1.29. The van der Waals surface area contributed by atoms with Crippen LogP contribution >= 0.6 is 23.2 Å². The van der Waals surface area contributed by atoms with Gasteiger partial charge in [-0.15, -0.1) is 0 Å². The number of hydrogen-bond donors (Lipinski definition) is 2. The summed E-state index contributed by atoms with van der Waals surface area (Å²) in [6, 6.07) is 15.4. The van der Waals surface area contributed by atoms with Gasteiger partial charge in [-0.2, -0.15) is 0 Å². The van der Waals surface area contributed by atoms with E-state index >= 15 is 0 Å². The Morgan fingerprint density at radius 2 is 1.53 bits per heavy atom. The molecule has 17 heavy (non-hydrogen) atoms. The number of halogens is 2. The summed E-state index contributed by atoms with van der Waals surface area (Å²) < 4.78 is 0. The second kappa shape index (κ2) is 5.92. The van der Waals surface area contributed by atoms with Gasteiger partial charge >= 0.3 is 0 Å². The fraction of sp³-hybridized carbons (Fsp3) is 0.0769. The smallest absolute Gasteiger partial charge is 0.0487 e. The zero-order valence-electron chi connectivity index (χ0n) is 9.08. The third kappa shape index (κ3) is 3.93. The molecule has 0 spiro atoms. The molecule has 2 rings (SSSR count). The molecule has 0 saturated heterocycles. The average molecular weight is 267 g/mol. The van der Waals surface area contributed by atoms with Crippen molar-refractivity contribution in [2.75, 3.05) is 5.43 Å². The van der Waals surface area contributed by atoms with Crippen LogP contribution in [0.3, 0.4) is 0 Å². The van der Waals surface area contributed by atoms with Gasteiger partial charge in [-0.05, 0) is 35.9 Å². The molecule has 2 N–H and O–H groups in total. The molecule has 0 aromatic heterocycles. The van der Waals surface area contributed by atoms with Crippen molar-refractivity contribution in [3.05, 3.63) is 64.1 Å². The summed E-state index contributed by atoms with van der Waals surface area (Å²) in [6.45, 7) is 0.648. The Morgan fingerprint density at radius 1 is 0.882 bits per heavy atom. The molecular weight excluding hydrogens is 255 g/mol. The van der Waals surface area contributed by atoms with Gasteiger partial charge in [0.25, 0.3) is 0 Å². The first-order valence-electron chi connectivity index (χ1n) is 5.23. The van der Waals surface area contributed by atoms with E-state index in [0.29, 0.717) is 16.6 Å². The molecule has 0 amide bonds. The lowest BCUT2D eigenvalue weighted by atomic mass is 10.2. The molecular formula is C13H12Cl2N2. The van der Waals surface area contributed by atoms with E-state index in [0.717, 1.165) is 11.3 Å². The van der Waals surface area contributed by atoms with Crippen LogP contribution in [0.4, 0.5) is 5.69 Å². The first-order valence-corrected chi connectivity index (χ1v) is 5.98. The Morgan fingerprint density at radius 3 is 2.18 bits per heavy atom. The Kier molecular flexibility index (Phi) is 4.26. The minimum atomic E-state index is 0.647. The summed E-state index contributed by atoms with van der Waals surface area (Å²) >= 11 is 11.8. The molecule has 0 unspecified atom stereocenters. The van der Waals surface area contributed by atoms with E-state index < -0.39 is 0 Å². The number of benzene rings is 2. The monoisotopic (exact) mass is 266 g/mol. The number of nitrogens with one attached hydrogen (secondary N) is 2. The average Bonchev–Trinajstić information content (AvgIpc) is 2.29. The third-order valence-corrected chi connectivity index (χ3v) is 2.66. The molecule has 0 radical (unpaired) electrons. The summed E-state index contributed by atoms with van der Waals surface area (Å²) in [4.78, 5) is 0. The van der Waals surface area contributed by atoms with Crippen LogP contribution in [-0.2, 0) is 6.54 Å². The molecule has 2 aromatic carbocycles. The van der Waals surface area contributed by atoms with E-state index in [4.69, 9.17) is 23.2 Å². The zero-order chi connectivity index (χ0) is 12.1. The normalized spacial score (nSPS) is 10.2. The van der Waals surface area contributed by atoms with Crippen molar-refractivity contribution >= 4 is 28.9 Å². The fourth-order valence-electron chi connectivity index (χ4n) is 1.48. The number of rotatable bonds is 4. The van der Waals surface area contributed by atoms with E-state index in [2.05, 4.69) is 10.9 Å². The van der Waals surface area contributed by atoms with Crippen LogP contribution in [0.5, 0.6) is 0 Å². The first-order chi connectivity index (χ1) is 8.24. The highest BCUT2D eigenvalue weighted by Crippen LogP contribution is 2.18. The Labute approximate surface area is 111 Å². The third-order valence-electron chi connectivity index (χ3n) is 2.22. The molecule has 2 aromatic rings. The minimum absolute atomic E-state index is 0.647. The standard InChI is InChI=1S/C13H12Cl2N2/c14-11-6-10(7-12(15)8-11)9-16-17-13-4-2-1-3-5-13/h1-8,16-17H,9H2. The van der Waals surface area contributed by atoms with Crippen LogP contribution in [-0.4, -0.2) is 0 Å². The molecule has 0 fully saturated rings. The van der Waals surface area contributed by atoms with Crippen molar-refractivity contribution in [1.29, 1.82) is 0 Å². The van der Waals surface area contributed by atoms with Crippen LogP contribution in [0.15, 0.2) is 48.5 Å². The molecule has 0 aliphatic rings. The van der Waals surface area contributed by atoms with Gasteiger partial charge in [0.1, 0.15) is 0 Å². The van der Waals surface area contributed by atoms with Gasteiger partial charge in [0.05, 0.1) is 0 Å². The SMILES string of the molecule is Clc1cc(Cl)cc(CNNc2ccccc2)c1. The van der Waals surface area contributed by atoms with Crippen molar-refractivity contribution in [2.45, 2.75) is 6.54 Å². The van der Waals surface area contributed by atoms with Gasteiger partial charge in [0.15, 0.2) is 0 Å². The van der Waals surface area contributed by atoms with Gasteiger partial charge < -0.3 is 5.43 Å². The number of hydrogen-bond acceptors (Lipinski definition) is 2. The van der Waals surface area contributed by atoms with Crippen molar-refractivity contribution in [2.24, 2.45) is 0 Å². The maximum atomic E-state index is 5.91. The topological polar surface area (TPSA) is 24.1 Å². The van der Waals surface area contributed by atoms with Crippen LogP contribution in [0, 0.1) is 0 Å². The molecule has 88 valence electrons. The highest BCUT2D eigenvalue weighted by Gasteiger charge is 1.97. The van der Waals surface area contributed by atoms with Crippen LogP contribution in [0.1, 0.15) is 5.56 Å². The van der Waals surface area contributed by atoms with Crippen molar-refractivity contribution in [1.82, 2.24) is 5.43 Å². The van der Waals surface area contributed by atoms with Gasteiger partial charge in [-0.25, -0.2) is 5.43 Å². The Balaban J connectivity index is 1.90. The lowest BCUT2D eigenvalue weighted by molar-refractivity contribution is 0.801. The quantitative estimate of drug-likeness (QED) is 0.814. The molecule has 0 heterocycles. The van der Waals surface area contributed by atoms with E-state index in [1.807, 2.05) is 42.5 Å². The first kappa shape index (κ1) is 12.2. The lowest BCUT2D eigenvalue weighted by Crippen LogP contribution is -2.20. The molecule has 0 atom stereocenters. The minimum Gasteiger partial charge on any atom is -0.321 e. The predicted octanol–water partition coefficient (Wildman–Crippen LogP) is 4.11. The van der Waals surface area contributed by atoms with Crippen molar-refractivity contribution < 1.29 is 0 Å². The maximum Gasteiger partial charge on any atom is 0.0487 e. The Hall–Kier alpha value is -1.22. The second-order valence-corrected chi connectivity index (χ2v) is 4.50. The zero-order valence-corrected chi connectivity index (χ0v) is 10.6. The number of hydrazine groups is 1.